The number of nitrogen functional groups attached to an aromatic ring is 1. The number of alkyl halides is 1. The summed E-state index contributed by atoms with van der Waals surface area (Å²) in [5.41, 5.74) is 5.49. The molecule has 1 aromatic rings. The number of nitrogens with two attached hydrogens (primary N) is 1. The molecule has 0 aliphatic carbocycles. The van der Waals surface area contributed by atoms with Crippen molar-refractivity contribution in [3.05, 3.63) is 28.7 Å². The minimum absolute atomic E-state index is 0.165. The Bertz CT molecular complexity index is 322. The summed E-state index contributed by atoms with van der Waals surface area (Å²) in [6.45, 7) is 0.407. The van der Waals surface area contributed by atoms with E-state index in [-0.39, 0.29) is 17.8 Å². The predicted molar refractivity (Wildman–Crippen MR) is 50.3 cm³/mol. The maximum Gasteiger partial charge on any atom is 0.204 e. The molecule has 0 aliphatic rings. The zero-order chi connectivity index (χ0) is 9.68. The molecular weight excluding hydrogens is 171 g/mol. The second kappa shape index (κ2) is 4.64. The predicted octanol–water partition coefficient (Wildman–Crippen LogP) is 1.18. The Morgan fingerprint density at radius 2 is 2.23 bits per heavy atom. The van der Waals surface area contributed by atoms with Crippen LogP contribution in [0.3, 0.4) is 0 Å². The van der Waals surface area contributed by atoms with E-state index in [1.54, 1.807) is 17.0 Å². The van der Waals surface area contributed by atoms with Gasteiger partial charge in [-0.3, -0.25) is 9.18 Å². The minimum atomic E-state index is -0.296. The highest BCUT2D eigenvalue weighted by atomic mass is 19.1. The number of halogens is 1. The van der Waals surface area contributed by atoms with Crippen molar-refractivity contribution in [1.29, 1.82) is 0 Å². The molecule has 0 fully saturated rings. The normalized spacial score (nSPS) is 10.2. The van der Waals surface area contributed by atoms with Gasteiger partial charge < -0.3 is 10.3 Å². The van der Waals surface area contributed by atoms with Crippen molar-refractivity contribution < 1.29 is 4.39 Å². The van der Waals surface area contributed by atoms with Gasteiger partial charge in [-0.25, -0.2) is 0 Å². The van der Waals surface area contributed by atoms with E-state index in [1.165, 1.54) is 6.07 Å². The largest absolute Gasteiger partial charge is 0.394 e. The summed E-state index contributed by atoms with van der Waals surface area (Å²) in [6, 6.07) is 1.42. The highest BCUT2D eigenvalue weighted by Crippen LogP contribution is 1.98. The Hall–Kier alpha value is -1.32. The average molecular weight is 184 g/mol. The van der Waals surface area contributed by atoms with Gasteiger partial charge in [0.1, 0.15) is 0 Å². The van der Waals surface area contributed by atoms with E-state index in [1.807, 2.05) is 0 Å². The van der Waals surface area contributed by atoms with Crippen LogP contribution < -0.4 is 11.2 Å². The molecule has 0 bridgehead atoms. The Kier molecular flexibility index (Phi) is 3.49. The molecule has 1 heterocycles. The van der Waals surface area contributed by atoms with Gasteiger partial charge in [-0.05, 0) is 12.8 Å². The Morgan fingerprint density at radius 1 is 1.46 bits per heavy atom. The van der Waals surface area contributed by atoms with Gasteiger partial charge >= 0.3 is 0 Å². The van der Waals surface area contributed by atoms with Crippen LogP contribution in [0.4, 0.5) is 10.1 Å². The Morgan fingerprint density at radius 3 is 2.85 bits per heavy atom. The number of aryl methyl sites for hydroxylation is 1. The van der Waals surface area contributed by atoms with Gasteiger partial charge in [0.2, 0.25) is 5.43 Å². The van der Waals surface area contributed by atoms with Crippen molar-refractivity contribution >= 4 is 5.69 Å². The second-order valence-corrected chi connectivity index (χ2v) is 2.90. The van der Waals surface area contributed by atoms with E-state index in [4.69, 9.17) is 5.73 Å². The van der Waals surface area contributed by atoms with Gasteiger partial charge in [0.05, 0.1) is 12.4 Å². The van der Waals surface area contributed by atoms with Gasteiger partial charge in [0, 0.05) is 25.0 Å². The zero-order valence-electron chi connectivity index (χ0n) is 7.37. The molecular formula is C9H13FN2O. The molecule has 0 atom stereocenters. The standard InChI is InChI=1S/C9H13FN2O/c10-4-1-2-5-12-6-3-9(13)8(11)7-12/h3,6-7H,1-2,4-5,11H2. The lowest BCUT2D eigenvalue weighted by molar-refractivity contribution is 0.447. The van der Waals surface area contributed by atoms with Crippen LogP contribution in [-0.4, -0.2) is 11.2 Å². The summed E-state index contributed by atoms with van der Waals surface area (Å²) in [5, 5.41) is 0. The Balaban J connectivity index is 2.58. The number of unbranched alkanes of at least 4 members (excludes halogenated alkanes) is 1. The highest BCUT2D eigenvalue weighted by molar-refractivity contribution is 5.33. The lowest BCUT2D eigenvalue weighted by Crippen LogP contribution is -2.10. The van der Waals surface area contributed by atoms with Crippen molar-refractivity contribution in [2.45, 2.75) is 19.4 Å². The zero-order valence-corrected chi connectivity index (χ0v) is 7.37. The number of anilines is 1. The molecule has 3 nitrogen and oxygen atoms in total. The SMILES string of the molecule is Nc1cn(CCCCF)ccc1=O. The van der Waals surface area contributed by atoms with E-state index in [2.05, 4.69) is 0 Å². The third kappa shape index (κ3) is 2.89. The first-order valence-corrected chi connectivity index (χ1v) is 4.25. The van der Waals surface area contributed by atoms with Crippen molar-refractivity contribution in [3.8, 4) is 0 Å². The van der Waals surface area contributed by atoms with E-state index in [9.17, 15) is 9.18 Å². The third-order valence-corrected chi connectivity index (χ3v) is 1.81. The van der Waals surface area contributed by atoms with E-state index < -0.39 is 0 Å². The molecule has 72 valence electrons. The van der Waals surface area contributed by atoms with Crippen molar-refractivity contribution in [2.75, 3.05) is 12.4 Å². The number of pyridine rings is 1. The van der Waals surface area contributed by atoms with Crippen molar-refractivity contribution in [1.82, 2.24) is 4.57 Å². The van der Waals surface area contributed by atoms with Crippen LogP contribution in [0.15, 0.2) is 23.3 Å². The first-order chi connectivity index (χ1) is 6.24. The molecule has 13 heavy (non-hydrogen) atoms. The summed E-state index contributed by atoms with van der Waals surface area (Å²) in [5.74, 6) is 0. The van der Waals surface area contributed by atoms with E-state index >= 15 is 0 Å². The molecule has 0 unspecified atom stereocenters. The lowest BCUT2D eigenvalue weighted by atomic mass is 10.3. The fourth-order valence-electron chi connectivity index (χ4n) is 1.07. The molecule has 4 heteroatoms. The number of rotatable bonds is 4. The lowest BCUT2D eigenvalue weighted by Gasteiger charge is -2.05. The number of nitrogens with zero attached hydrogens (tertiary/aromatic N) is 1. The van der Waals surface area contributed by atoms with Gasteiger partial charge in [-0.1, -0.05) is 0 Å². The van der Waals surface area contributed by atoms with Crippen molar-refractivity contribution in [3.63, 3.8) is 0 Å². The van der Waals surface area contributed by atoms with Crippen LogP contribution >= 0.6 is 0 Å². The van der Waals surface area contributed by atoms with Crippen LogP contribution in [0.2, 0.25) is 0 Å². The molecule has 1 aromatic heterocycles. The minimum Gasteiger partial charge on any atom is -0.394 e. The maximum absolute atomic E-state index is 11.8. The number of hydrogen-bond donors (Lipinski definition) is 1. The van der Waals surface area contributed by atoms with Crippen molar-refractivity contribution in [2.24, 2.45) is 0 Å². The van der Waals surface area contributed by atoms with E-state index in [0.29, 0.717) is 13.0 Å². The average Bonchev–Trinajstić information content (AvgIpc) is 2.12. The Labute approximate surface area is 76.0 Å². The summed E-state index contributed by atoms with van der Waals surface area (Å²) >= 11 is 0. The fraction of sp³-hybridized carbons (Fsp3) is 0.444. The summed E-state index contributed by atoms with van der Waals surface area (Å²) in [4.78, 5) is 10.9. The van der Waals surface area contributed by atoms with Crippen LogP contribution in [0.25, 0.3) is 0 Å². The first-order valence-electron chi connectivity index (χ1n) is 4.25. The summed E-state index contributed by atoms with van der Waals surface area (Å²) in [6.07, 6.45) is 4.56. The second-order valence-electron chi connectivity index (χ2n) is 2.90. The van der Waals surface area contributed by atoms with Gasteiger partial charge in [-0.15, -0.1) is 0 Å². The molecule has 0 saturated carbocycles. The maximum atomic E-state index is 11.8. The van der Waals surface area contributed by atoms with Crippen LogP contribution in [0, 0.1) is 0 Å². The van der Waals surface area contributed by atoms with Gasteiger partial charge in [0.25, 0.3) is 0 Å². The van der Waals surface area contributed by atoms with Gasteiger partial charge in [-0.2, -0.15) is 0 Å². The molecule has 0 amide bonds. The first kappa shape index (κ1) is 9.77. The summed E-state index contributed by atoms with van der Waals surface area (Å²) < 4.78 is 13.6. The van der Waals surface area contributed by atoms with Crippen LogP contribution in [-0.2, 0) is 6.54 Å². The van der Waals surface area contributed by atoms with Crippen LogP contribution in [0.5, 0.6) is 0 Å². The monoisotopic (exact) mass is 184 g/mol. The molecule has 0 radical (unpaired) electrons. The number of aromatic nitrogens is 1. The summed E-state index contributed by atoms with van der Waals surface area (Å²) in [7, 11) is 0. The molecule has 0 saturated heterocycles. The highest BCUT2D eigenvalue weighted by Gasteiger charge is 1.94. The molecule has 2 N–H and O–H groups in total. The molecule has 0 aliphatic heterocycles. The third-order valence-electron chi connectivity index (χ3n) is 1.81. The quantitative estimate of drug-likeness (QED) is 0.714. The van der Waals surface area contributed by atoms with Gasteiger partial charge in [0.15, 0.2) is 0 Å². The number of hydrogen-bond acceptors (Lipinski definition) is 2. The fourth-order valence-corrected chi connectivity index (χ4v) is 1.07. The smallest absolute Gasteiger partial charge is 0.204 e. The topological polar surface area (TPSA) is 48.0 Å². The molecule has 0 aromatic carbocycles. The molecule has 1 rings (SSSR count). The molecule has 0 spiro atoms. The van der Waals surface area contributed by atoms with Crippen LogP contribution in [0.1, 0.15) is 12.8 Å². The van der Waals surface area contributed by atoms with E-state index in [0.717, 1.165) is 6.42 Å².